The number of rotatable bonds is 6. The molecule has 1 atom stereocenters. The number of benzene rings is 1. The molecule has 0 aliphatic heterocycles. The second-order valence-electron chi connectivity index (χ2n) is 4.66. The Morgan fingerprint density at radius 2 is 2.00 bits per heavy atom. The van der Waals surface area contributed by atoms with Crippen molar-refractivity contribution in [3.8, 4) is 0 Å². The lowest BCUT2D eigenvalue weighted by atomic mass is 10.1. The summed E-state index contributed by atoms with van der Waals surface area (Å²) in [4.78, 5) is 0.130. The maximum Gasteiger partial charge on any atom is 0.238 e. The van der Waals surface area contributed by atoms with E-state index in [9.17, 15) is 8.42 Å². The van der Waals surface area contributed by atoms with E-state index >= 15 is 0 Å². The molecule has 0 aromatic heterocycles. The highest BCUT2D eigenvalue weighted by Gasteiger charge is 2.14. The Bertz CT molecular complexity index is 541. The maximum absolute atomic E-state index is 11.5. The van der Waals surface area contributed by atoms with Crippen LogP contribution < -0.4 is 10.5 Å². The first-order valence-electron chi connectivity index (χ1n) is 6.19. The van der Waals surface area contributed by atoms with E-state index in [4.69, 9.17) is 9.88 Å². The van der Waals surface area contributed by atoms with Gasteiger partial charge in [0.2, 0.25) is 10.0 Å². The topological polar surface area (TPSA) is 81.4 Å². The minimum atomic E-state index is -3.69. The summed E-state index contributed by atoms with van der Waals surface area (Å²) in [6, 6.07) is 3.31. The van der Waals surface area contributed by atoms with Crippen molar-refractivity contribution in [2.45, 2.75) is 38.1 Å². The molecule has 0 saturated heterocycles. The van der Waals surface area contributed by atoms with E-state index in [2.05, 4.69) is 5.32 Å². The third-order valence-electron chi connectivity index (χ3n) is 3.19. The van der Waals surface area contributed by atoms with Gasteiger partial charge in [-0.15, -0.1) is 0 Å². The number of sulfonamides is 1. The normalized spacial score (nSPS) is 13.3. The Labute approximate surface area is 115 Å². The lowest BCUT2D eigenvalue weighted by Gasteiger charge is -2.20. The highest BCUT2D eigenvalue weighted by atomic mass is 32.2. The number of aryl methyl sites for hydroxylation is 1. The van der Waals surface area contributed by atoms with E-state index in [0.717, 1.165) is 23.2 Å². The van der Waals surface area contributed by atoms with E-state index in [1.807, 2.05) is 20.8 Å². The summed E-state index contributed by atoms with van der Waals surface area (Å²) in [5, 5.41) is 8.49. The quantitative estimate of drug-likeness (QED) is 0.835. The van der Waals surface area contributed by atoms with Crippen LogP contribution in [0.2, 0.25) is 0 Å². The molecule has 1 aromatic rings. The molecule has 1 unspecified atom stereocenters. The van der Waals surface area contributed by atoms with E-state index in [1.165, 1.54) is 0 Å². The highest BCUT2D eigenvalue weighted by Crippen LogP contribution is 2.24. The molecular formula is C13H22N2O3S. The number of nitrogens with two attached hydrogens (primary N) is 1. The Morgan fingerprint density at radius 1 is 1.37 bits per heavy atom. The molecule has 0 heterocycles. The number of ether oxygens (including phenoxy) is 1. The van der Waals surface area contributed by atoms with Crippen LogP contribution in [0.15, 0.2) is 17.0 Å². The van der Waals surface area contributed by atoms with Crippen molar-refractivity contribution in [3.63, 3.8) is 0 Å². The molecule has 0 aliphatic rings. The zero-order valence-electron chi connectivity index (χ0n) is 11.9. The van der Waals surface area contributed by atoms with E-state index in [0.29, 0.717) is 6.61 Å². The van der Waals surface area contributed by atoms with Gasteiger partial charge in [-0.05, 0) is 43.5 Å². The van der Waals surface area contributed by atoms with Gasteiger partial charge in [0.1, 0.15) is 0 Å². The van der Waals surface area contributed by atoms with Crippen LogP contribution in [-0.4, -0.2) is 28.2 Å². The molecule has 0 saturated carbocycles. The summed E-state index contributed by atoms with van der Waals surface area (Å²) in [7, 11) is -2.05. The van der Waals surface area contributed by atoms with Crippen molar-refractivity contribution in [1.29, 1.82) is 0 Å². The monoisotopic (exact) mass is 286 g/mol. The smallest absolute Gasteiger partial charge is 0.238 e. The summed E-state index contributed by atoms with van der Waals surface area (Å²) < 4.78 is 28.0. The summed E-state index contributed by atoms with van der Waals surface area (Å²) in [6.45, 7) is 6.42. The summed E-state index contributed by atoms with van der Waals surface area (Å²) in [5.41, 5.74) is 2.69. The van der Waals surface area contributed by atoms with Gasteiger partial charge in [0.15, 0.2) is 0 Å². The zero-order valence-corrected chi connectivity index (χ0v) is 12.7. The standard InChI is InChI=1S/C13H22N2O3S/c1-5-11(8-18-4)15-13-7-12(19(14,16)17)6-9(2)10(13)3/h6-7,11,15H,5,8H2,1-4H3,(H2,14,16,17). The molecule has 3 N–H and O–H groups in total. The fourth-order valence-corrected chi connectivity index (χ4v) is 2.45. The number of primary sulfonamides is 1. The van der Waals surface area contributed by atoms with Crippen LogP contribution in [0.3, 0.4) is 0 Å². The molecule has 5 nitrogen and oxygen atoms in total. The van der Waals surface area contributed by atoms with Crippen molar-refractivity contribution in [3.05, 3.63) is 23.3 Å². The van der Waals surface area contributed by atoms with Crippen molar-refractivity contribution in [1.82, 2.24) is 0 Å². The van der Waals surface area contributed by atoms with E-state index in [1.54, 1.807) is 19.2 Å². The molecular weight excluding hydrogens is 264 g/mol. The fourth-order valence-electron chi connectivity index (χ4n) is 1.82. The second-order valence-corrected chi connectivity index (χ2v) is 6.22. The van der Waals surface area contributed by atoms with Gasteiger partial charge >= 0.3 is 0 Å². The lowest BCUT2D eigenvalue weighted by Crippen LogP contribution is -2.25. The van der Waals surface area contributed by atoms with Gasteiger partial charge in [0.25, 0.3) is 0 Å². The van der Waals surface area contributed by atoms with Gasteiger partial charge in [-0.1, -0.05) is 6.92 Å². The number of anilines is 1. The number of hydrogen-bond donors (Lipinski definition) is 2. The Morgan fingerprint density at radius 3 is 2.47 bits per heavy atom. The average Bonchev–Trinajstić information content (AvgIpc) is 2.32. The van der Waals surface area contributed by atoms with E-state index in [-0.39, 0.29) is 10.9 Å². The molecule has 0 radical (unpaired) electrons. The van der Waals surface area contributed by atoms with E-state index < -0.39 is 10.0 Å². The first kappa shape index (κ1) is 15.9. The van der Waals surface area contributed by atoms with Crippen LogP contribution in [0.5, 0.6) is 0 Å². The van der Waals surface area contributed by atoms with Crippen molar-refractivity contribution in [2.24, 2.45) is 5.14 Å². The largest absolute Gasteiger partial charge is 0.383 e. The van der Waals surface area contributed by atoms with Gasteiger partial charge in [0, 0.05) is 18.8 Å². The van der Waals surface area contributed by atoms with Crippen LogP contribution in [-0.2, 0) is 14.8 Å². The Hall–Kier alpha value is -1.11. The van der Waals surface area contributed by atoms with Gasteiger partial charge in [-0.25, -0.2) is 13.6 Å². The minimum Gasteiger partial charge on any atom is -0.383 e. The molecule has 0 fully saturated rings. The van der Waals surface area contributed by atoms with Crippen LogP contribution in [0.1, 0.15) is 24.5 Å². The minimum absolute atomic E-state index is 0.130. The highest BCUT2D eigenvalue weighted by molar-refractivity contribution is 7.89. The van der Waals surface area contributed by atoms with Gasteiger partial charge in [-0.2, -0.15) is 0 Å². The number of methoxy groups -OCH3 is 1. The summed E-state index contributed by atoms with van der Waals surface area (Å²) in [5.74, 6) is 0. The maximum atomic E-state index is 11.5. The molecule has 0 aliphatic carbocycles. The van der Waals surface area contributed by atoms with Crippen molar-refractivity contribution >= 4 is 15.7 Å². The molecule has 0 amide bonds. The SMILES string of the molecule is CCC(COC)Nc1cc(S(N)(=O)=O)cc(C)c1C. The predicted octanol–water partition coefficient (Wildman–Crippen LogP) is 1.79. The molecule has 1 rings (SSSR count). The summed E-state index contributed by atoms with van der Waals surface area (Å²) >= 11 is 0. The predicted molar refractivity (Wildman–Crippen MR) is 76.9 cm³/mol. The first-order chi connectivity index (χ1) is 8.79. The molecule has 19 heavy (non-hydrogen) atoms. The average molecular weight is 286 g/mol. The first-order valence-corrected chi connectivity index (χ1v) is 7.73. The van der Waals surface area contributed by atoms with Crippen molar-refractivity contribution in [2.75, 3.05) is 19.0 Å². The Kier molecular flexibility index (Phi) is 5.34. The molecule has 0 spiro atoms. The summed E-state index contributed by atoms with van der Waals surface area (Å²) in [6.07, 6.45) is 0.881. The fraction of sp³-hybridized carbons (Fsp3) is 0.538. The second kappa shape index (κ2) is 6.36. The van der Waals surface area contributed by atoms with Crippen LogP contribution in [0.25, 0.3) is 0 Å². The molecule has 0 bridgehead atoms. The van der Waals surface area contributed by atoms with Gasteiger partial charge in [-0.3, -0.25) is 0 Å². The third-order valence-corrected chi connectivity index (χ3v) is 4.08. The van der Waals surface area contributed by atoms with Crippen LogP contribution >= 0.6 is 0 Å². The lowest BCUT2D eigenvalue weighted by molar-refractivity contribution is 0.184. The molecule has 6 heteroatoms. The Balaban J connectivity index is 3.16. The molecule has 108 valence electrons. The van der Waals surface area contributed by atoms with Crippen LogP contribution in [0.4, 0.5) is 5.69 Å². The number of nitrogens with one attached hydrogen (secondary N) is 1. The third kappa shape index (κ3) is 4.19. The van der Waals surface area contributed by atoms with Crippen LogP contribution in [0, 0.1) is 13.8 Å². The van der Waals surface area contributed by atoms with Crippen molar-refractivity contribution < 1.29 is 13.2 Å². The molecule has 1 aromatic carbocycles. The zero-order chi connectivity index (χ0) is 14.6. The number of hydrogen-bond acceptors (Lipinski definition) is 4. The van der Waals surface area contributed by atoms with Gasteiger partial charge in [0.05, 0.1) is 11.5 Å². The van der Waals surface area contributed by atoms with Gasteiger partial charge < -0.3 is 10.1 Å².